The van der Waals surface area contributed by atoms with Gasteiger partial charge in [0.1, 0.15) is 0 Å². The molecule has 0 radical (unpaired) electrons. The van der Waals surface area contributed by atoms with Crippen molar-refractivity contribution in [1.29, 1.82) is 0 Å². The highest BCUT2D eigenvalue weighted by Crippen LogP contribution is 2.29. The van der Waals surface area contributed by atoms with E-state index in [0.29, 0.717) is 12.0 Å². The van der Waals surface area contributed by atoms with E-state index in [2.05, 4.69) is 13.0 Å². The van der Waals surface area contributed by atoms with Crippen molar-refractivity contribution < 1.29 is 13.0 Å². The lowest BCUT2D eigenvalue weighted by molar-refractivity contribution is 0.482. The maximum Gasteiger partial charge on any atom is 0.294 e. The van der Waals surface area contributed by atoms with E-state index >= 15 is 0 Å². The standard InChI is InChI=1S/C15H18O3S/c1-4-11-6-7-14-10(3)13(5-2)15(19(16,17)18)9-12(14)8-11/h6-9H,4-5H2,1-3H3,(H,16,17,18). The Labute approximate surface area is 114 Å². The number of hydrogen-bond donors (Lipinski definition) is 1. The van der Waals surface area contributed by atoms with Crippen LogP contribution in [-0.4, -0.2) is 13.0 Å². The maximum atomic E-state index is 11.5. The average molecular weight is 278 g/mol. The van der Waals surface area contributed by atoms with Crippen LogP contribution >= 0.6 is 0 Å². The van der Waals surface area contributed by atoms with Gasteiger partial charge < -0.3 is 0 Å². The second-order valence-corrected chi connectivity index (χ2v) is 6.11. The summed E-state index contributed by atoms with van der Waals surface area (Å²) in [5.74, 6) is 0. The second-order valence-electron chi connectivity index (χ2n) is 4.72. The van der Waals surface area contributed by atoms with Gasteiger partial charge >= 0.3 is 0 Å². The molecule has 0 heterocycles. The van der Waals surface area contributed by atoms with E-state index in [4.69, 9.17) is 0 Å². The summed E-state index contributed by atoms with van der Waals surface area (Å²) in [4.78, 5) is 0.0354. The number of rotatable bonds is 3. The minimum atomic E-state index is -4.18. The van der Waals surface area contributed by atoms with Gasteiger partial charge in [0.2, 0.25) is 0 Å². The molecule has 0 fully saturated rings. The highest BCUT2D eigenvalue weighted by Gasteiger charge is 2.18. The highest BCUT2D eigenvalue weighted by molar-refractivity contribution is 7.85. The van der Waals surface area contributed by atoms with Crippen LogP contribution in [0.1, 0.15) is 30.5 Å². The third-order valence-electron chi connectivity index (χ3n) is 3.60. The maximum absolute atomic E-state index is 11.5. The molecule has 102 valence electrons. The SMILES string of the molecule is CCc1ccc2c(C)c(CC)c(S(=O)(=O)O)cc2c1. The Bertz CT molecular complexity index is 731. The molecule has 0 bridgehead atoms. The van der Waals surface area contributed by atoms with Crippen LogP contribution in [0.25, 0.3) is 10.8 Å². The van der Waals surface area contributed by atoms with Crippen LogP contribution < -0.4 is 0 Å². The van der Waals surface area contributed by atoms with Crippen molar-refractivity contribution in [3.8, 4) is 0 Å². The molecular formula is C15H18O3S. The summed E-state index contributed by atoms with van der Waals surface area (Å²) in [7, 11) is -4.18. The highest BCUT2D eigenvalue weighted by atomic mass is 32.2. The van der Waals surface area contributed by atoms with Crippen molar-refractivity contribution in [3.63, 3.8) is 0 Å². The van der Waals surface area contributed by atoms with E-state index in [-0.39, 0.29) is 4.90 Å². The minimum absolute atomic E-state index is 0.0354. The summed E-state index contributed by atoms with van der Waals surface area (Å²) in [6.07, 6.45) is 1.47. The first kappa shape index (κ1) is 14.0. The number of hydrogen-bond acceptors (Lipinski definition) is 2. The van der Waals surface area contributed by atoms with E-state index in [9.17, 15) is 13.0 Å². The molecule has 0 saturated carbocycles. The monoisotopic (exact) mass is 278 g/mol. The molecule has 1 N–H and O–H groups in total. The third kappa shape index (κ3) is 2.51. The van der Waals surface area contributed by atoms with Crippen LogP contribution in [0.2, 0.25) is 0 Å². The van der Waals surface area contributed by atoms with E-state index in [0.717, 1.165) is 28.3 Å². The zero-order valence-electron chi connectivity index (χ0n) is 11.4. The first-order valence-corrected chi connectivity index (χ1v) is 7.85. The van der Waals surface area contributed by atoms with E-state index in [1.165, 1.54) is 0 Å². The van der Waals surface area contributed by atoms with Gasteiger partial charge in [-0.05, 0) is 53.3 Å². The number of fused-ring (bicyclic) bond motifs is 1. The molecule has 2 rings (SSSR count). The van der Waals surface area contributed by atoms with Crippen molar-refractivity contribution in [2.45, 2.75) is 38.5 Å². The Hall–Kier alpha value is -1.39. The normalized spacial score (nSPS) is 12.0. The predicted octanol–water partition coefficient (Wildman–Crippen LogP) is 3.52. The fourth-order valence-electron chi connectivity index (χ4n) is 2.54. The van der Waals surface area contributed by atoms with Crippen molar-refractivity contribution in [2.75, 3.05) is 0 Å². The third-order valence-corrected chi connectivity index (χ3v) is 4.52. The zero-order valence-corrected chi connectivity index (χ0v) is 12.2. The Balaban J connectivity index is 2.90. The summed E-state index contributed by atoms with van der Waals surface area (Å²) < 4.78 is 32.4. The summed E-state index contributed by atoms with van der Waals surface area (Å²) >= 11 is 0. The number of aryl methyl sites for hydroxylation is 2. The zero-order chi connectivity index (χ0) is 14.2. The molecule has 3 nitrogen and oxygen atoms in total. The van der Waals surface area contributed by atoms with Crippen LogP contribution in [0, 0.1) is 6.92 Å². The van der Waals surface area contributed by atoms with Crippen LogP contribution in [-0.2, 0) is 23.0 Å². The van der Waals surface area contributed by atoms with E-state index < -0.39 is 10.1 Å². The molecule has 0 spiro atoms. The Morgan fingerprint density at radius 2 is 1.79 bits per heavy atom. The lowest BCUT2D eigenvalue weighted by Gasteiger charge is -2.13. The molecule has 19 heavy (non-hydrogen) atoms. The van der Waals surface area contributed by atoms with Crippen molar-refractivity contribution in [3.05, 3.63) is 41.0 Å². The second kappa shape index (κ2) is 4.94. The molecule has 0 aliphatic carbocycles. The van der Waals surface area contributed by atoms with Gasteiger partial charge in [0, 0.05) is 0 Å². The topological polar surface area (TPSA) is 54.4 Å². The predicted molar refractivity (Wildman–Crippen MR) is 77.3 cm³/mol. The first-order valence-electron chi connectivity index (χ1n) is 6.41. The van der Waals surface area contributed by atoms with Gasteiger partial charge in [0.15, 0.2) is 0 Å². The summed E-state index contributed by atoms with van der Waals surface area (Å²) in [5.41, 5.74) is 2.77. The van der Waals surface area contributed by atoms with Gasteiger partial charge in [-0.25, -0.2) is 0 Å². The van der Waals surface area contributed by atoms with Crippen LogP contribution in [0.15, 0.2) is 29.2 Å². The van der Waals surface area contributed by atoms with Crippen LogP contribution in [0.3, 0.4) is 0 Å². The van der Waals surface area contributed by atoms with Gasteiger partial charge in [-0.15, -0.1) is 0 Å². The molecule has 0 amide bonds. The Kier molecular flexibility index (Phi) is 3.65. The molecule has 2 aromatic carbocycles. The van der Waals surface area contributed by atoms with Gasteiger partial charge in [-0.3, -0.25) is 4.55 Å². The average Bonchev–Trinajstić information content (AvgIpc) is 2.36. The van der Waals surface area contributed by atoms with Gasteiger partial charge in [0.25, 0.3) is 10.1 Å². The van der Waals surface area contributed by atoms with Crippen molar-refractivity contribution in [1.82, 2.24) is 0 Å². The van der Waals surface area contributed by atoms with Gasteiger partial charge in [-0.1, -0.05) is 32.0 Å². The fourth-order valence-corrected chi connectivity index (χ4v) is 3.42. The summed E-state index contributed by atoms with van der Waals surface area (Å²) in [6, 6.07) is 7.64. The summed E-state index contributed by atoms with van der Waals surface area (Å²) in [6.45, 7) is 5.85. The minimum Gasteiger partial charge on any atom is -0.282 e. The first-order chi connectivity index (χ1) is 8.88. The largest absolute Gasteiger partial charge is 0.294 e. The van der Waals surface area contributed by atoms with Crippen molar-refractivity contribution in [2.24, 2.45) is 0 Å². The molecule has 0 unspecified atom stereocenters. The van der Waals surface area contributed by atoms with E-state index in [1.54, 1.807) is 6.07 Å². The molecule has 0 saturated heterocycles. The van der Waals surface area contributed by atoms with Crippen molar-refractivity contribution >= 4 is 20.9 Å². The molecule has 0 aliphatic heterocycles. The quantitative estimate of drug-likeness (QED) is 0.874. The number of benzene rings is 2. The molecule has 2 aromatic rings. The lowest BCUT2D eigenvalue weighted by atomic mass is 9.96. The van der Waals surface area contributed by atoms with Crippen LogP contribution in [0.5, 0.6) is 0 Å². The molecule has 0 aliphatic rings. The van der Waals surface area contributed by atoms with Crippen LogP contribution in [0.4, 0.5) is 0 Å². The summed E-state index contributed by atoms with van der Waals surface area (Å²) in [5, 5.41) is 1.91. The fraction of sp³-hybridized carbons (Fsp3) is 0.333. The molecule has 0 aromatic heterocycles. The lowest BCUT2D eigenvalue weighted by Crippen LogP contribution is -2.05. The smallest absolute Gasteiger partial charge is 0.282 e. The van der Waals surface area contributed by atoms with Gasteiger partial charge in [0.05, 0.1) is 4.90 Å². The van der Waals surface area contributed by atoms with Gasteiger partial charge in [-0.2, -0.15) is 8.42 Å². The Morgan fingerprint density at radius 3 is 2.32 bits per heavy atom. The van der Waals surface area contributed by atoms with E-state index in [1.807, 2.05) is 26.0 Å². The molecular weight excluding hydrogens is 260 g/mol. The Morgan fingerprint density at radius 1 is 1.11 bits per heavy atom. The molecule has 0 atom stereocenters. The molecule has 4 heteroatoms.